The predicted molar refractivity (Wildman–Crippen MR) is 95.6 cm³/mol. The third kappa shape index (κ3) is 1.94. The van der Waals surface area contributed by atoms with Crippen molar-refractivity contribution in [3.05, 3.63) is 53.8 Å². The molecule has 2 aliphatic heterocycles. The lowest BCUT2D eigenvalue weighted by Gasteiger charge is -2.42. The number of allylic oxidation sites excluding steroid dienone is 1. The SMILES string of the molecule is CN1C=CC2=C3CCCCC3C3C(=O)N(c4ccccc4)C(=O)C3C21. The minimum absolute atomic E-state index is 0.00458. The summed E-state index contributed by atoms with van der Waals surface area (Å²) >= 11 is 0. The highest BCUT2D eigenvalue weighted by atomic mass is 16.2. The van der Waals surface area contributed by atoms with Crippen LogP contribution in [0.2, 0.25) is 0 Å². The second kappa shape index (κ2) is 5.32. The van der Waals surface area contributed by atoms with Crippen LogP contribution < -0.4 is 4.90 Å². The maximum Gasteiger partial charge on any atom is 0.240 e. The first-order chi connectivity index (χ1) is 12.2. The lowest BCUT2D eigenvalue weighted by Crippen LogP contribution is -2.46. The van der Waals surface area contributed by atoms with Gasteiger partial charge in [0.15, 0.2) is 0 Å². The van der Waals surface area contributed by atoms with E-state index in [4.69, 9.17) is 0 Å². The van der Waals surface area contributed by atoms with Crippen LogP contribution in [0.15, 0.2) is 53.8 Å². The summed E-state index contributed by atoms with van der Waals surface area (Å²) in [6.07, 6.45) is 8.71. The number of para-hydroxylation sites is 1. The summed E-state index contributed by atoms with van der Waals surface area (Å²) in [4.78, 5) is 30.3. The number of hydrogen-bond donors (Lipinski definition) is 0. The molecule has 0 spiro atoms. The molecule has 1 saturated heterocycles. The van der Waals surface area contributed by atoms with Gasteiger partial charge in [-0.15, -0.1) is 0 Å². The van der Waals surface area contributed by atoms with Crippen LogP contribution in [-0.4, -0.2) is 29.8 Å². The number of nitrogens with zero attached hydrogens (tertiary/aromatic N) is 2. The zero-order valence-corrected chi connectivity index (χ0v) is 14.4. The number of amides is 2. The van der Waals surface area contributed by atoms with Gasteiger partial charge in [0.05, 0.1) is 23.6 Å². The van der Waals surface area contributed by atoms with E-state index in [1.165, 1.54) is 22.5 Å². The van der Waals surface area contributed by atoms with Gasteiger partial charge in [0, 0.05) is 7.05 Å². The van der Waals surface area contributed by atoms with Crippen molar-refractivity contribution < 1.29 is 9.59 Å². The summed E-state index contributed by atoms with van der Waals surface area (Å²) in [5.74, 6) is -0.228. The molecule has 0 N–H and O–H groups in total. The predicted octanol–water partition coefficient (Wildman–Crippen LogP) is 3.12. The first-order valence-corrected chi connectivity index (χ1v) is 9.24. The van der Waals surface area contributed by atoms with Crippen LogP contribution in [0.25, 0.3) is 0 Å². The fourth-order valence-electron chi connectivity index (χ4n) is 5.45. The Kier molecular flexibility index (Phi) is 3.18. The van der Waals surface area contributed by atoms with Crippen LogP contribution >= 0.6 is 0 Å². The maximum atomic E-state index is 13.3. The molecule has 2 amide bonds. The summed E-state index contributed by atoms with van der Waals surface area (Å²) < 4.78 is 0. The quantitative estimate of drug-likeness (QED) is 0.741. The van der Waals surface area contributed by atoms with Gasteiger partial charge in [-0.3, -0.25) is 9.59 Å². The lowest BCUT2D eigenvalue weighted by molar-refractivity contribution is -0.123. The highest BCUT2D eigenvalue weighted by Gasteiger charge is 2.59. The zero-order chi connectivity index (χ0) is 17.1. The zero-order valence-electron chi connectivity index (χ0n) is 14.4. The van der Waals surface area contributed by atoms with E-state index >= 15 is 0 Å². The maximum absolute atomic E-state index is 13.3. The molecule has 2 fully saturated rings. The molecule has 1 aromatic rings. The Balaban J connectivity index is 1.64. The number of rotatable bonds is 1. The summed E-state index contributed by atoms with van der Waals surface area (Å²) in [6, 6.07) is 9.43. The molecule has 4 unspecified atom stereocenters. The fourth-order valence-corrected chi connectivity index (χ4v) is 5.45. The van der Waals surface area contributed by atoms with Crippen LogP contribution in [0.4, 0.5) is 5.69 Å². The van der Waals surface area contributed by atoms with Crippen LogP contribution in [0, 0.1) is 17.8 Å². The van der Waals surface area contributed by atoms with Gasteiger partial charge in [0.1, 0.15) is 0 Å². The van der Waals surface area contributed by atoms with Crippen molar-refractivity contribution in [3.63, 3.8) is 0 Å². The van der Waals surface area contributed by atoms with E-state index in [1.807, 2.05) is 37.4 Å². The summed E-state index contributed by atoms with van der Waals surface area (Å²) in [5, 5.41) is 0. The third-order valence-corrected chi connectivity index (χ3v) is 6.46. The van der Waals surface area contributed by atoms with E-state index in [-0.39, 0.29) is 35.6 Å². The van der Waals surface area contributed by atoms with Gasteiger partial charge in [0.2, 0.25) is 11.8 Å². The Labute approximate surface area is 147 Å². The molecule has 25 heavy (non-hydrogen) atoms. The van der Waals surface area contributed by atoms with Crippen molar-refractivity contribution in [1.82, 2.24) is 4.90 Å². The topological polar surface area (TPSA) is 40.6 Å². The van der Waals surface area contributed by atoms with Crippen molar-refractivity contribution in [2.75, 3.05) is 11.9 Å². The van der Waals surface area contributed by atoms with Crippen LogP contribution in [0.3, 0.4) is 0 Å². The summed E-state index contributed by atoms with van der Waals surface area (Å²) in [5.41, 5.74) is 3.46. The molecule has 1 aromatic carbocycles. The Bertz CT molecular complexity index is 810. The number of anilines is 1. The Morgan fingerprint density at radius 3 is 2.56 bits per heavy atom. The first-order valence-electron chi connectivity index (χ1n) is 9.24. The lowest BCUT2D eigenvalue weighted by atomic mass is 9.63. The average Bonchev–Trinajstić information content (AvgIpc) is 3.14. The third-order valence-electron chi connectivity index (χ3n) is 6.46. The number of likely N-dealkylation sites (N-methyl/N-ethyl adjacent to an activating group) is 1. The molecule has 2 aliphatic carbocycles. The molecular formula is C21H22N2O2. The molecule has 0 aromatic heterocycles. The fraction of sp³-hybridized carbons (Fsp3) is 0.429. The minimum atomic E-state index is -0.255. The number of benzene rings is 1. The molecule has 1 saturated carbocycles. The highest BCUT2D eigenvalue weighted by molar-refractivity contribution is 6.22. The minimum Gasteiger partial charge on any atom is -0.373 e. The molecule has 4 aliphatic rings. The van der Waals surface area contributed by atoms with Crippen molar-refractivity contribution in [3.8, 4) is 0 Å². The van der Waals surface area contributed by atoms with E-state index in [1.54, 1.807) is 0 Å². The Hall–Kier alpha value is -2.36. The second-order valence-electron chi connectivity index (χ2n) is 7.66. The average molecular weight is 334 g/mol. The monoisotopic (exact) mass is 334 g/mol. The van der Waals surface area contributed by atoms with Crippen molar-refractivity contribution in [1.29, 1.82) is 0 Å². The van der Waals surface area contributed by atoms with E-state index in [2.05, 4.69) is 17.2 Å². The summed E-state index contributed by atoms with van der Waals surface area (Å²) in [7, 11) is 2.03. The molecule has 2 heterocycles. The van der Waals surface area contributed by atoms with Gasteiger partial charge < -0.3 is 4.90 Å². The number of carbonyl (C=O) groups excluding carboxylic acids is 2. The second-order valence-corrected chi connectivity index (χ2v) is 7.66. The van der Waals surface area contributed by atoms with E-state index in [9.17, 15) is 9.59 Å². The Morgan fingerprint density at radius 2 is 1.76 bits per heavy atom. The molecule has 128 valence electrons. The van der Waals surface area contributed by atoms with Gasteiger partial charge in [0.25, 0.3) is 0 Å². The van der Waals surface area contributed by atoms with Gasteiger partial charge in [-0.25, -0.2) is 4.90 Å². The Morgan fingerprint density at radius 1 is 1.00 bits per heavy atom. The van der Waals surface area contributed by atoms with Gasteiger partial charge >= 0.3 is 0 Å². The number of hydrogen-bond acceptors (Lipinski definition) is 3. The van der Waals surface area contributed by atoms with E-state index in [0.717, 1.165) is 19.3 Å². The molecular weight excluding hydrogens is 312 g/mol. The van der Waals surface area contributed by atoms with Crippen LogP contribution in [0.5, 0.6) is 0 Å². The normalized spacial score (nSPS) is 33.6. The smallest absolute Gasteiger partial charge is 0.240 e. The number of fused-ring (bicyclic) bond motifs is 5. The van der Waals surface area contributed by atoms with Gasteiger partial charge in [-0.2, -0.15) is 0 Å². The standard InChI is InChI=1S/C21H22N2O2/c1-22-12-11-16-14-9-5-6-10-15(14)17-18(19(16)22)21(25)23(20(17)24)13-7-3-2-4-8-13/h2-4,7-8,11-12,15,17-19H,5-6,9-10H2,1H3. The molecule has 5 rings (SSSR count). The largest absolute Gasteiger partial charge is 0.373 e. The van der Waals surface area contributed by atoms with Crippen LogP contribution in [0.1, 0.15) is 25.7 Å². The highest BCUT2D eigenvalue weighted by Crippen LogP contribution is 2.53. The van der Waals surface area contributed by atoms with Gasteiger partial charge in [-0.1, -0.05) is 30.2 Å². The molecule has 0 radical (unpaired) electrons. The van der Waals surface area contributed by atoms with Crippen molar-refractivity contribution >= 4 is 17.5 Å². The first kappa shape index (κ1) is 14.9. The van der Waals surface area contributed by atoms with E-state index < -0.39 is 0 Å². The van der Waals surface area contributed by atoms with Crippen molar-refractivity contribution in [2.24, 2.45) is 17.8 Å². The van der Waals surface area contributed by atoms with Crippen molar-refractivity contribution in [2.45, 2.75) is 31.7 Å². The van der Waals surface area contributed by atoms with Gasteiger partial charge in [-0.05, 0) is 55.2 Å². The van der Waals surface area contributed by atoms with E-state index in [0.29, 0.717) is 5.69 Å². The van der Waals surface area contributed by atoms with Crippen LogP contribution in [-0.2, 0) is 9.59 Å². The molecule has 4 nitrogen and oxygen atoms in total. The summed E-state index contributed by atoms with van der Waals surface area (Å²) in [6.45, 7) is 0. The molecule has 4 heteroatoms. The number of imide groups is 1. The number of carbonyl (C=O) groups is 2. The molecule has 4 atom stereocenters. The molecule has 0 bridgehead atoms.